The molecule has 0 saturated carbocycles. The minimum atomic E-state index is 0.0118. The second-order valence-corrected chi connectivity index (χ2v) is 8.66. The van der Waals surface area contributed by atoms with E-state index >= 15 is 0 Å². The molecule has 2 heterocycles. The number of methoxy groups -OCH3 is 2. The van der Waals surface area contributed by atoms with E-state index in [9.17, 15) is 4.79 Å². The van der Waals surface area contributed by atoms with E-state index in [4.69, 9.17) is 14.5 Å². The van der Waals surface area contributed by atoms with Crippen molar-refractivity contribution in [2.45, 2.75) is 38.6 Å². The number of hydrogen-bond acceptors (Lipinski definition) is 6. The van der Waals surface area contributed by atoms with Gasteiger partial charge in [0.2, 0.25) is 0 Å². The van der Waals surface area contributed by atoms with Crippen molar-refractivity contribution >= 4 is 21.6 Å². The van der Waals surface area contributed by atoms with E-state index in [0.29, 0.717) is 6.54 Å². The van der Waals surface area contributed by atoms with Gasteiger partial charge in [0.25, 0.3) is 5.56 Å². The molecule has 1 aliphatic carbocycles. The van der Waals surface area contributed by atoms with Gasteiger partial charge in [-0.05, 0) is 62.4 Å². The number of aromatic nitrogens is 2. The largest absolute Gasteiger partial charge is 0.493 e. The van der Waals surface area contributed by atoms with Crippen molar-refractivity contribution in [2.75, 3.05) is 27.8 Å². The third kappa shape index (κ3) is 4.16. The van der Waals surface area contributed by atoms with Gasteiger partial charge in [0.1, 0.15) is 10.7 Å². The van der Waals surface area contributed by atoms with Crippen LogP contribution in [0.2, 0.25) is 0 Å². The van der Waals surface area contributed by atoms with Crippen molar-refractivity contribution in [3.05, 3.63) is 50.4 Å². The fourth-order valence-corrected chi connectivity index (χ4v) is 5.26. The fourth-order valence-electron chi connectivity index (χ4n) is 3.97. The Morgan fingerprint density at radius 1 is 1.17 bits per heavy atom. The van der Waals surface area contributed by atoms with E-state index in [1.54, 1.807) is 25.6 Å². The van der Waals surface area contributed by atoms with Crippen LogP contribution in [0.5, 0.6) is 11.5 Å². The molecule has 0 unspecified atom stereocenters. The molecule has 0 fully saturated rings. The normalized spacial score (nSPS) is 13.7. The van der Waals surface area contributed by atoms with Gasteiger partial charge in [-0.2, -0.15) is 0 Å². The first-order valence-corrected chi connectivity index (χ1v) is 10.8. The summed E-state index contributed by atoms with van der Waals surface area (Å²) in [7, 11) is 5.33. The summed E-state index contributed by atoms with van der Waals surface area (Å²) in [6, 6.07) is 5.99. The minimum absolute atomic E-state index is 0.0118. The zero-order chi connectivity index (χ0) is 20.4. The van der Waals surface area contributed by atoms with Gasteiger partial charge >= 0.3 is 0 Å². The molecule has 4 rings (SSSR count). The number of fused-ring (bicyclic) bond motifs is 3. The van der Waals surface area contributed by atoms with Gasteiger partial charge in [0.15, 0.2) is 11.5 Å². The summed E-state index contributed by atoms with van der Waals surface area (Å²) in [5, 5.41) is 0.821. The van der Waals surface area contributed by atoms with Crippen LogP contribution < -0.4 is 15.0 Å². The van der Waals surface area contributed by atoms with E-state index in [1.807, 2.05) is 19.2 Å². The number of likely N-dealkylation sites (N-methyl/N-ethyl adjacent to an activating group) is 1. The number of rotatable bonds is 7. The molecule has 3 aromatic rings. The third-order valence-electron chi connectivity index (χ3n) is 5.52. The number of thiophene rings is 1. The van der Waals surface area contributed by atoms with Crippen LogP contribution in [0.4, 0.5) is 0 Å². The number of nitrogens with one attached hydrogen (secondary N) is 1. The highest BCUT2D eigenvalue weighted by molar-refractivity contribution is 7.18. The first-order chi connectivity index (χ1) is 14.1. The lowest BCUT2D eigenvalue weighted by atomic mass is 9.97. The van der Waals surface area contributed by atoms with E-state index in [-0.39, 0.29) is 5.56 Å². The minimum Gasteiger partial charge on any atom is -0.493 e. The monoisotopic (exact) mass is 413 g/mol. The number of hydrogen-bond donors (Lipinski definition) is 1. The maximum Gasteiger partial charge on any atom is 0.259 e. The maximum atomic E-state index is 12.7. The van der Waals surface area contributed by atoms with Gasteiger partial charge < -0.3 is 14.5 Å². The maximum absolute atomic E-state index is 12.7. The Hall–Kier alpha value is -2.38. The van der Waals surface area contributed by atoms with Crippen LogP contribution in [0.15, 0.2) is 23.0 Å². The van der Waals surface area contributed by atoms with Gasteiger partial charge in [-0.1, -0.05) is 6.07 Å². The van der Waals surface area contributed by atoms with Crippen molar-refractivity contribution in [3.63, 3.8) is 0 Å². The van der Waals surface area contributed by atoms with Crippen LogP contribution in [0.3, 0.4) is 0 Å². The Kier molecular flexibility index (Phi) is 5.87. The summed E-state index contributed by atoms with van der Waals surface area (Å²) >= 11 is 1.70. The zero-order valence-corrected chi connectivity index (χ0v) is 18.0. The molecule has 7 heteroatoms. The van der Waals surface area contributed by atoms with Crippen LogP contribution in [0.25, 0.3) is 10.2 Å². The molecule has 0 bridgehead atoms. The van der Waals surface area contributed by atoms with Gasteiger partial charge in [0, 0.05) is 11.4 Å². The standard InChI is InChI=1S/C22H27N3O3S/c1-25(11-10-14-8-9-16(27-2)17(12-14)28-3)13-19-23-21(26)20-15-6-4-5-7-18(15)29-22(20)24-19/h8-9,12H,4-7,10-11,13H2,1-3H3,(H,23,24,26). The van der Waals surface area contributed by atoms with Gasteiger partial charge in [0.05, 0.1) is 26.2 Å². The smallest absolute Gasteiger partial charge is 0.259 e. The molecule has 154 valence electrons. The zero-order valence-electron chi connectivity index (χ0n) is 17.2. The van der Waals surface area contributed by atoms with E-state index in [1.165, 1.54) is 28.8 Å². The predicted molar refractivity (Wildman–Crippen MR) is 116 cm³/mol. The lowest BCUT2D eigenvalue weighted by Gasteiger charge is -2.16. The Morgan fingerprint density at radius 2 is 1.97 bits per heavy atom. The van der Waals surface area contributed by atoms with Crippen molar-refractivity contribution < 1.29 is 9.47 Å². The topological polar surface area (TPSA) is 67.5 Å². The second-order valence-electron chi connectivity index (χ2n) is 7.58. The summed E-state index contributed by atoms with van der Waals surface area (Å²) in [6.07, 6.45) is 5.33. The Morgan fingerprint density at radius 3 is 2.76 bits per heavy atom. The lowest BCUT2D eigenvalue weighted by molar-refractivity contribution is 0.322. The highest BCUT2D eigenvalue weighted by atomic mass is 32.1. The number of H-pyrrole nitrogens is 1. The highest BCUT2D eigenvalue weighted by Gasteiger charge is 2.20. The molecule has 1 aromatic carbocycles. The summed E-state index contributed by atoms with van der Waals surface area (Å²) in [5.74, 6) is 2.21. The number of aromatic amines is 1. The van der Waals surface area contributed by atoms with Crippen LogP contribution in [0.1, 0.15) is 34.7 Å². The average molecular weight is 414 g/mol. The molecule has 0 saturated heterocycles. The number of benzene rings is 1. The van der Waals surface area contributed by atoms with Crippen molar-refractivity contribution in [1.82, 2.24) is 14.9 Å². The SMILES string of the molecule is COc1ccc(CCN(C)Cc2nc3sc4c(c3c(=O)[nH]2)CCCC4)cc1OC. The van der Waals surface area contributed by atoms with Crippen molar-refractivity contribution in [2.24, 2.45) is 0 Å². The Bertz CT molecular complexity index is 1070. The molecule has 0 aliphatic heterocycles. The lowest BCUT2D eigenvalue weighted by Crippen LogP contribution is -2.24. The van der Waals surface area contributed by atoms with Crippen molar-refractivity contribution in [3.8, 4) is 11.5 Å². The predicted octanol–water partition coefficient (Wildman–Crippen LogP) is 3.56. The van der Waals surface area contributed by atoms with Crippen LogP contribution in [0, 0.1) is 0 Å². The van der Waals surface area contributed by atoms with Crippen molar-refractivity contribution in [1.29, 1.82) is 0 Å². The van der Waals surface area contributed by atoms with Crippen LogP contribution in [-0.2, 0) is 25.8 Å². The molecule has 0 atom stereocenters. The van der Waals surface area contributed by atoms with Crippen LogP contribution >= 0.6 is 11.3 Å². The fraction of sp³-hybridized carbons (Fsp3) is 0.455. The molecule has 0 spiro atoms. The first kappa shape index (κ1) is 19.9. The number of ether oxygens (including phenoxy) is 2. The molecule has 1 N–H and O–H groups in total. The second kappa shape index (κ2) is 8.55. The van der Waals surface area contributed by atoms with Gasteiger partial charge in [-0.25, -0.2) is 4.98 Å². The van der Waals surface area contributed by atoms with E-state index in [0.717, 1.165) is 53.3 Å². The molecule has 6 nitrogen and oxygen atoms in total. The summed E-state index contributed by atoms with van der Waals surface area (Å²) in [4.78, 5) is 24.9. The molecular formula is C22H27N3O3S. The van der Waals surface area contributed by atoms with Gasteiger partial charge in [-0.3, -0.25) is 9.69 Å². The Balaban J connectivity index is 1.45. The summed E-state index contributed by atoms with van der Waals surface area (Å²) < 4.78 is 10.7. The third-order valence-corrected chi connectivity index (χ3v) is 6.71. The highest BCUT2D eigenvalue weighted by Crippen LogP contribution is 2.33. The van der Waals surface area contributed by atoms with E-state index in [2.05, 4.69) is 16.0 Å². The molecule has 2 aromatic heterocycles. The van der Waals surface area contributed by atoms with E-state index < -0.39 is 0 Å². The number of nitrogens with zero attached hydrogens (tertiary/aromatic N) is 2. The van der Waals surface area contributed by atoms with Gasteiger partial charge in [-0.15, -0.1) is 11.3 Å². The molecule has 0 amide bonds. The quantitative estimate of drug-likeness (QED) is 0.642. The summed E-state index contributed by atoms with van der Waals surface area (Å²) in [6.45, 7) is 1.46. The molecule has 0 radical (unpaired) electrons. The molecule has 29 heavy (non-hydrogen) atoms. The first-order valence-electron chi connectivity index (χ1n) is 10.0. The Labute approximate surface area is 174 Å². The molecule has 1 aliphatic rings. The average Bonchev–Trinajstić information content (AvgIpc) is 3.10. The summed E-state index contributed by atoms with van der Waals surface area (Å²) in [5.41, 5.74) is 2.42. The molecular weight excluding hydrogens is 386 g/mol. The van der Waals surface area contributed by atoms with Crippen LogP contribution in [-0.4, -0.2) is 42.7 Å². The number of aryl methyl sites for hydroxylation is 2.